The molecule has 5 nitrogen and oxygen atoms in total. The van der Waals surface area contributed by atoms with E-state index in [0.717, 1.165) is 5.56 Å². The molecule has 0 aliphatic rings. The summed E-state index contributed by atoms with van der Waals surface area (Å²) in [5, 5.41) is 0. The Labute approximate surface area is 115 Å². The molecule has 0 amide bonds. The Hall–Kier alpha value is -1.11. The maximum Gasteiger partial charge on any atom is 0.242 e. The number of sulfonamides is 1. The van der Waals surface area contributed by atoms with Crippen molar-refractivity contribution in [3.05, 3.63) is 23.8 Å². The van der Waals surface area contributed by atoms with Crippen molar-refractivity contribution in [3.63, 3.8) is 0 Å². The van der Waals surface area contributed by atoms with Gasteiger partial charge in [0.1, 0.15) is 0 Å². The molecule has 0 aliphatic heterocycles. The Morgan fingerprint density at radius 3 is 2.53 bits per heavy atom. The van der Waals surface area contributed by atoms with Gasteiger partial charge in [0.25, 0.3) is 0 Å². The number of rotatable bonds is 6. The monoisotopic (exact) mass is 286 g/mol. The maximum atomic E-state index is 12.3. The van der Waals surface area contributed by atoms with Gasteiger partial charge in [-0.3, -0.25) is 0 Å². The van der Waals surface area contributed by atoms with E-state index in [1.807, 2.05) is 20.8 Å². The van der Waals surface area contributed by atoms with E-state index in [1.165, 1.54) is 17.4 Å². The summed E-state index contributed by atoms with van der Waals surface area (Å²) in [7, 11) is -1.97. The number of hydrogen-bond donors (Lipinski definition) is 1. The third-order valence-corrected chi connectivity index (χ3v) is 4.67. The highest BCUT2D eigenvalue weighted by Crippen LogP contribution is 2.19. The third kappa shape index (κ3) is 4.19. The average molecular weight is 286 g/mol. The van der Waals surface area contributed by atoms with Crippen LogP contribution in [0.25, 0.3) is 0 Å². The van der Waals surface area contributed by atoms with Crippen LogP contribution in [-0.2, 0) is 14.8 Å². The molecule has 108 valence electrons. The predicted octanol–water partition coefficient (Wildman–Crippen LogP) is 1.62. The van der Waals surface area contributed by atoms with Crippen LogP contribution in [0, 0.1) is 6.92 Å². The van der Waals surface area contributed by atoms with E-state index in [2.05, 4.69) is 0 Å². The molecular weight excluding hydrogens is 264 g/mol. The lowest BCUT2D eigenvalue weighted by Crippen LogP contribution is -2.31. The Balaban J connectivity index is 2.81. The van der Waals surface area contributed by atoms with E-state index in [-0.39, 0.29) is 11.0 Å². The third-order valence-electron chi connectivity index (χ3n) is 2.82. The minimum Gasteiger partial charge on any atom is -0.398 e. The number of anilines is 1. The van der Waals surface area contributed by atoms with E-state index in [9.17, 15) is 8.42 Å². The second-order valence-corrected chi connectivity index (χ2v) is 6.81. The molecule has 0 atom stereocenters. The Morgan fingerprint density at radius 2 is 2.00 bits per heavy atom. The number of hydrogen-bond acceptors (Lipinski definition) is 4. The smallest absolute Gasteiger partial charge is 0.242 e. The van der Waals surface area contributed by atoms with E-state index >= 15 is 0 Å². The zero-order valence-electron chi connectivity index (χ0n) is 11.9. The topological polar surface area (TPSA) is 72.6 Å². The van der Waals surface area contributed by atoms with Crippen LogP contribution in [0.5, 0.6) is 0 Å². The number of aryl methyl sites for hydroxylation is 1. The quantitative estimate of drug-likeness (QED) is 0.807. The second-order valence-electron chi connectivity index (χ2n) is 4.76. The number of nitrogens with two attached hydrogens (primary N) is 1. The van der Waals surface area contributed by atoms with Crippen molar-refractivity contribution >= 4 is 15.7 Å². The van der Waals surface area contributed by atoms with Crippen LogP contribution < -0.4 is 5.73 Å². The molecule has 0 unspecified atom stereocenters. The number of likely N-dealkylation sites (N-methyl/N-ethyl adjacent to an activating group) is 1. The van der Waals surface area contributed by atoms with Gasteiger partial charge in [-0.1, -0.05) is 6.07 Å². The first-order chi connectivity index (χ1) is 8.75. The van der Waals surface area contributed by atoms with Crippen molar-refractivity contribution in [2.24, 2.45) is 0 Å². The van der Waals surface area contributed by atoms with E-state index < -0.39 is 10.0 Å². The van der Waals surface area contributed by atoms with Crippen LogP contribution in [0.15, 0.2) is 23.1 Å². The highest BCUT2D eigenvalue weighted by molar-refractivity contribution is 7.89. The number of benzene rings is 1. The lowest BCUT2D eigenvalue weighted by atomic mass is 10.2. The van der Waals surface area contributed by atoms with Crippen molar-refractivity contribution < 1.29 is 13.2 Å². The molecule has 0 aromatic heterocycles. The molecule has 2 N–H and O–H groups in total. The highest BCUT2D eigenvalue weighted by Gasteiger charge is 2.21. The lowest BCUT2D eigenvalue weighted by molar-refractivity contribution is 0.0737. The molecular formula is C13H22N2O3S. The maximum absolute atomic E-state index is 12.3. The summed E-state index contributed by atoms with van der Waals surface area (Å²) in [5.41, 5.74) is 7.09. The molecule has 0 radical (unpaired) electrons. The van der Waals surface area contributed by atoms with Gasteiger partial charge in [-0.25, -0.2) is 8.42 Å². The van der Waals surface area contributed by atoms with Gasteiger partial charge < -0.3 is 10.5 Å². The molecule has 0 saturated carbocycles. The molecule has 0 aliphatic carbocycles. The number of ether oxygens (including phenoxy) is 1. The predicted molar refractivity (Wildman–Crippen MR) is 76.5 cm³/mol. The molecule has 6 heteroatoms. The highest BCUT2D eigenvalue weighted by atomic mass is 32.2. The van der Waals surface area contributed by atoms with Crippen LogP contribution >= 0.6 is 0 Å². The summed E-state index contributed by atoms with van der Waals surface area (Å²) in [5.74, 6) is 0. The summed E-state index contributed by atoms with van der Waals surface area (Å²) in [4.78, 5) is 0.211. The van der Waals surface area contributed by atoms with Crippen LogP contribution in [0.4, 0.5) is 5.69 Å². The van der Waals surface area contributed by atoms with E-state index in [4.69, 9.17) is 10.5 Å². The van der Waals surface area contributed by atoms with Crippen molar-refractivity contribution in [2.45, 2.75) is 31.8 Å². The van der Waals surface area contributed by atoms with Gasteiger partial charge in [0.05, 0.1) is 17.6 Å². The Bertz CT molecular complexity index is 527. The number of nitrogen functional groups attached to an aromatic ring is 1. The standard InChI is InChI=1S/C13H22N2O3S/c1-10(2)18-8-7-15(4)19(16,17)12-6-5-11(3)13(14)9-12/h5-6,9-10H,7-8,14H2,1-4H3. The summed E-state index contributed by atoms with van der Waals surface area (Å²) in [6.45, 7) is 6.35. The lowest BCUT2D eigenvalue weighted by Gasteiger charge is -2.18. The summed E-state index contributed by atoms with van der Waals surface area (Å²) in [6, 6.07) is 4.77. The molecule has 1 aromatic carbocycles. The Kier molecular flexibility index (Phi) is 5.34. The van der Waals surface area contributed by atoms with Crippen molar-refractivity contribution in [2.75, 3.05) is 25.9 Å². The van der Waals surface area contributed by atoms with E-state index in [0.29, 0.717) is 18.8 Å². The first-order valence-corrected chi connectivity index (χ1v) is 7.63. The first-order valence-electron chi connectivity index (χ1n) is 6.19. The molecule has 0 fully saturated rings. The minimum absolute atomic E-state index is 0.0890. The SMILES string of the molecule is Cc1ccc(S(=O)(=O)N(C)CCOC(C)C)cc1N. The van der Waals surface area contributed by atoms with Gasteiger partial charge in [-0.15, -0.1) is 0 Å². The molecule has 0 saturated heterocycles. The van der Waals surface area contributed by atoms with Crippen LogP contribution in [0.3, 0.4) is 0 Å². The van der Waals surface area contributed by atoms with Gasteiger partial charge >= 0.3 is 0 Å². The normalized spacial score (nSPS) is 12.3. The second kappa shape index (κ2) is 6.36. The van der Waals surface area contributed by atoms with Gasteiger partial charge in [0, 0.05) is 19.3 Å². The fourth-order valence-corrected chi connectivity index (χ4v) is 2.69. The van der Waals surface area contributed by atoms with Crippen molar-refractivity contribution in [1.82, 2.24) is 4.31 Å². The molecule has 19 heavy (non-hydrogen) atoms. The van der Waals surface area contributed by atoms with Gasteiger partial charge in [0.15, 0.2) is 0 Å². The van der Waals surface area contributed by atoms with Crippen molar-refractivity contribution in [1.29, 1.82) is 0 Å². The Morgan fingerprint density at radius 1 is 1.37 bits per heavy atom. The van der Waals surface area contributed by atoms with Crippen LogP contribution in [0.2, 0.25) is 0 Å². The molecule has 1 rings (SSSR count). The van der Waals surface area contributed by atoms with Crippen LogP contribution in [-0.4, -0.2) is 39.0 Å². The van der Waals surface area contributed by atoms with Gasteiger partial charge in [0.2, 0.25) is 10.0 Å². The van der Waals surface area contributed by atoms with E-state index in [1.54, 1.807) is 12.1 Å². The van der Waals surface area contributed by atoms with Gasteiger partial charge in [-0.2, -0.15) is 4.31 Å². The van der Waals surface area contributed by atoms with Crippen molar-refractivity contribution in [3.8, 4) is 0 Å². The minimum atomic E-state index is -3.50. The van der Waals surface area contributed by atoms with Gasteiger partial charge in [-0.05, 0) is 38.5 Å². The summed E-state index contributed by atoms with van der Waals surface area (Å²) in [6.07, 6.45) is 0.0890. The fourth-order valence-electron chi connectivity index (χ4n) is 1.50. The largest absolute Gasteiger partial charge is 0.398 e. The zero-order chi connectivity index (χ0) is 14.6. The number of nitrogens with zero attached hydrogens (tertiary/aromatic N) is 1. The molecule has 1 aromatic rings. The molecule has 0 spiro atoms. The average Bonchev–Trinajstić information content (AvgIpc) is 2.31. The summed E-state index contributed by atoms with van der Waals surface area (Å²) >= 11 is 0. The van der Waals surface area contributed by atoms with Crippen LogP contribution in [0.1, 0.15) is 19.4 Å². The zero-order valence-corrected chi connectivity index (χ0v) is 12.7. The first kappa shape index (κ1) is 15.9. The molecule has 0 heterocycles. The molecule has 0 bridgehead atoms. The summed E-state index contributed by atoms with van der Waals surface area (Å²) < 4.78 is 31.2. The fraction of sp³-hybridized carbons (Fsp3) is 0.538.